The first-order valence-electron chi connectivity index (χ1n) is 6.43. The van der Waals surface area contributed by atoms with E-state index in [1.165, 1.54) is 0 Å². The summed E-state index contributed by atoms with van der Waals surface area (Å²) in [4.78, 5) is 34.7. The molecule has 1 aliphatic carbocycles. The molecule has 1 heterocycles. The first-order valence-corrected chi connectivity index (χ1v) is 6.43. The highest BCUT2D eigenvalue weighted by Gasteiger charge is 2.63. The first kappa shape index (κ1) is 12.7. The molecule has 104 valence electrons. The number of benzene rings is 1. The van der Waals surface area contributed by atoms with Crippen LogP contribution in [-0.4, -0.2) is 28.6 Å². The maximum atomic E-state index is 12.2. The third-order valence-corrected chi connectivity index (χ3v) is 4.04. The van der Waals surface area contributed by atoms with Crippen molar-refractivity contribution in [3.63, 3.8) is 0 Å². The van der Waals surface area contributed by atoms with Crippen LogP contribution >= 0.6 is 0 Å². The Morgan fingerprint density at radius 1 is 1.30 bits per heavy atom. The van der Waals surface area contributed by atoms with Gasteiger partial charge in [0.25, 0.3) is 5.91 Å². The smallest absolute Gasteiger partial charge is 0.322 e. The van der Waals surface area contributed by atoms with Gasteiger partial charge in [-0.1, -0.05) is 30.3 Å². The number of hydrogen-bond acceptors (Lipinski definition) is 3. The van der Waals surface area contributed by atoms with Crippen molar-refractivity contribution in [3.8, 4) is 0 Å². The number of carbonyl (C=O) groups excluding carboxylic acids is 2. The molecule has 2 aliphatic rings. The zero-order valence-corrected chi connectivity index (χ0v) is 10.6. The van der Waals surface area contributed by atoms with Crippen LogP contribution in [0.4, 0.5) is 4.79 Å². The summed E-state index contributed by atoms with van der Waals surface area (Å²) < 4.78 is 0. The Morgan fingerprint density at radius 2 is 2.00 bits per heavy atom. The lowest BCUT2D eigenvalue weighted by atomic mass is 9.85. The van der Waals surface area contributed by atoms with E-state index >= 15 is 0 Å². The van der Waals surface area contributed by atoms with Gasteiger partial charge >= 0.3 is 12.0 Å². The van der Waals surface area contributed by atoms with Crippen LogP contribution in [0.5, 0.6) is 0 Å². The van der Waals surface area contributed by atoms with Gasteiger partial charge in [0.05, 0.1) is 5.92 Å². The molecule has 2 fully saturated rings. The Kier molecular flexibility index (Phi) is 2.74. The molecule has 3 rings (SSSR count). The average Bonchev–Trinajstić information content (AvgIpc) is 3.14. The van der Waals surface area contributed by atoms with Crippen molar-refractivity contribution in [3.05, 3.63) is 35.9 Å². The Balaban J connectivity index is 1.91. The number of amides is 3. The van der Waals surface area contributed by atoms with Crippen molar-refractivity contribution in [1.29, 1.82) is 0 Å². The van der Waals surface area contributed by atoms with Crippen molar-refractivity contribution >= 4 is 17.9 Å². The van der Waals surface area contributed by atoms with Crippen molar-refractivity contribution < 1.29 is 19.5 Å². The predicted molar refractivity (Wildman–Crippen MR) is 68.8 cm³/mol. The number of hydrogen-bond donors (Lipinski definition) is 3. The van der Waals surface area contributed by atoms with Crippen LogP contribution in [0.3, 0.4) is 0 Å². The summed E-state index contributed by atoms with van der Waals surface area (Å²) in [6.07, 6.45) is 0.718. The lowest BCUT2D eigenvalue weighted by Gasteiger charge is -2.26. The fourth-order valence-corrected chi connectivity index (χ4v) is 2.95. The van der Waals surface area contributed by atoms with Gasteiger partial charge in [0.2, 0.25) is 0 Å². The van der Waals surface area contributed by atoms with E-state index in [-0.39, 0.29) is 5.92 Å². The zero-order chi connectivity index (χ0) is 14.3. The molecule has 0 spiro atoms. The monoisotopic (exact) mass is 274 g/mol. The Bertz CT molecular complexity index is 586. The van der Waals surface area contributed by atoms with E-state index in [1.54, 1.807) is 0 Å². The van der Waals surface area contributed by atoms with E-state index in [9.17, 15) is 14.4 Å². The number of rotatable bonds is 4. The molecule has 3 N–H and O–H groups in total. The molecule has 0 bridgehead atoms. The molecule has 6 nitrogen and oxygen atoms in total. The fourth-order valence-electron chi connectivity index (χ4n) is 2.95. The van der Waals surface area contributed by atoms with Gasteiger partial charge in [0, 0.05) is 12.3 Å². The second-order valence-corrected chi connectivity index (χ2v) is 5.33. The van der Waals surface area contributed by atoms with Crippen LogP contribution in [0.15, 0.2) is 30.3 Å². The maximum absolute atomic E-state index is 12.2. The summed E-state index contributed by atoms with van der Waals surface area (Å²) in [5.41, 5.74) is -0.248. The second-order valence-electron chi connectivity index (χ2n) is 5.33. The zero-order valence-electron chi connectivity index (χ0n) is 10.6. The lowest BCUT2D eigenvalue weighted by Crippen LogP contribution is -2.51. The summed E-state index contributed by atoms with van der Waals surface area (Å²) >= 11 is 0. The van der Waals surface area contributed by atoms with Gasteiger partial charge in [-0.15, -0.1) is 0 Å². The normalized spacial score (nSPS) is 31.6. The number of imide groups is 1. The minimum atomic E-state index is -1.14. The van der Waals surface area contributed by atoms with E-state index in [2.05, 4.69) is 10.6 Å². The molecular formula is C14H14N2O4. The number of aliphatic carboxylic acids is 1. The van der Waals surface area contributed by atoms with Crippen LogP contribution in [0.1, 0.15) is 12.0 Å². The van der Waals surface area contributed by atoms with Crippen LogP contribution in [0.2, 0.25) is 0 Å². The maximum Gasteiger partial charge on any atom is 0.322 e. The van der Waals surface area contributed by atoms with Crippen molar-refractivity contribution in [1.82, 2.24) is 10.6 Å². The van der Waals surface area contributed by atoms with E-state index in [1.807, 2.05) is 30.3 Å². The molecule has 3 amide bonds. The van der Waals surface area contributed by atoms with Crippen LogP contribution in [-0.2, 0) is 16.0 Å². The molecule has 1 aromatic rings. The number of urea groups is 1. The quantitative estimate of drug-likeness (QED) is 0.698. The molecule has 1 saturated heterocycles. The second kappa shape index (κ2) is 4.33. The highest BCUT2D eigenvalue weighted by atomic mass is 16.4. The topological polar surface area (TPSA) is 95.5 Å². The van der Waals surface area contributed by atoms with Crippen LogP contribution in [0.25, 0.3) is 0 Å². The standard InChI is InChI=1S/C14H14N2O4/c17-11(18)9-6-10(9)14(12(19)15-13(20)16-14)7-8-4-2-1-3-5-8/h1-5,9-10H,6-7H2,(H,17,18)(H2,15,16,19,20)/t9-,10-,14?/m0/s1. The predicted octanol–water partition coefficient (Wildman–Crippen LogP) is 0.528. The molecule has 6 heteroatoms. The Labute approximate surface area is 115 Å². The van der Waals surface area contributed by atoms with Gasteiger partial charge in [-0.3, -0.25) is 14.9 Å². The minimum absolute atomic E-state index is 0.305. The van der Waals surface area contributed by atoms with Crippen molar-refractivity contribution in [2.45, 2.75) is 18.4 Å². The Hall–Kier alpha value is -2.37. The summed E-state index contributed by atoms with van der Waals surface area (Å²) in [7, 11) is 0. The molecule has 3 atom stereocenters. The Morgan fingerprint density at radius 3 is 2.50 bits per heavy atom. The third kappa shape index (κ3) is 1.93. The van der Waals surface area contributed by atoms with Gasteiger partial charge in [-0.25, -0.2) is 4.79 Å². The minimum Gasteiger partial charge on any atom is -0.481 e. The molecule has 1 aromatic carbocycles. The van der Waals surface area contributed by atoms with E-state index in [0.29, 0.717) is 12.8 Å². The highest BCUT2D eigenvalue weighted by Crippen LogP contribution is 2.49. The summed E-state index contributed by atoms with van der Waals surface area (Å²) in [6, 6.07) is 8.72. The number of carboxylic acid groups (broad SMARTS) is 1. The average molecular weight is 274 g/mol. The fraction of sp³-hybridized carbons (Fsp3) is 0.357. The SMILES string of the molecule is O=C1NC(=O)C(Cc2ccccc2)([C@H]2C[C@@H]2C(=O)O)N1. The molecule has 1 aliphatic heterocycles. The molecule has 20 heavy (non-hydrogen) atoms. The highest BCUT2D eigenvalue weighted by molar-refractivity contribution is 6.08. The van der Waals surface area contributed by atoms with E-state index < -0.39 is 29.4 Å². The van der Waals surface area contributed by atoms with Crippen molar-refractivity contribution in [2.24, 2.45) is 11.8 Å². The summed E-state index contributed by atoms with van der Waals surface area (Å²) in [6.45, 7) is 0. The van der Waals surface area contributed by atoms with Crippen LogP contribution in [0, 0.1) is 11.8 Å². The summed E-state index contributed by atoms with van der Waals surface area (Å²) in [5.74, 6) is -2.27. The van der Waals surface area contributed by atoms with Gasteiger partial charge in [-0.05, 0) is 12.0 Å². The lowest BCUT2D eigenvalue weighted by molar-refractivity contribution is -0.139. The summed E-state index contributed by atoms with van der Waals surface area (Å²) in [5, 5.41) is 13.9. The molecular weight excluding hydrogens is 260 g/mol. The van der Waals surface area contributed by atoms with E-state index in [4.69, 9.17) is 5.11 Å². The van der Waals surface area contributed by atoms with E-state index in [0.717, 1.165) is 5.56 Å². The van der Waals surface area contributed by atoms with Gasteiger partial charge < -0.3 is 10.4 Å². The van der Waals surface area contributed by atoms with Gasteiger partial charge in [0.15, 0.2) is 0 Å². The van der Waals surface area contributed by atoms with Gasteiger partial charge in [-0.2, -0.15) is 0 Å². The van der Waals surface area contributed by atoms with Crippen LogP contribution < -0.4 is 10.6 Å². The largest absolute Gasteiger partial charge is 0.481 e. The molecule has 0 radical (unpaired) electrons. The number of carbonyl (C=O) groups is 3. The molecule has 0 aromatic heterocycles. The first-order chi connectivity index (χ1) is 9.53. The molecule has 1 unspecified atom stereocenters. The number of carboxylic acids is 1. The number of nitrogens with one attached hydrogen (secondary N) is 2. The van der Waals surface area contributed by atoms with Crippen molar-refractivity contribution in [2.75, 3.05) is 0 Å². The third-order valence-electron chi connectivity index (χ3n) is 4.04. The molecule has 1 saturated carbocycles. The van der Waals surface area contributed by atoms with Gasteiger partial charge in [0.1, 0.15) is 5.54 Å².